The lowest BCUT2D eigenvalue weighted by Crippen LogP contribution is -2.12. The lowest BCUT2D eigenvalue weighted by Gasteiger charge is -2.20. The fourth-order valence-corrected chi connectivity index (χ4v) is 9.01. The molecule has 7 aromatic carbocycles. The van der Waals surface area contributed by atoms with Crippen molar-refractivity contribution in [2.45, 2.75) is 72.1 Å². The van der Waals surface area contributed by atoms with E-state index in [0.717, 1.165) is 95.3 Å². The first kappa shape index (κ1) is 39.5. The Balaban J connectivity index is 1.19. The molecular weight excluding hydrogens is 781 g/mol. The molecule has 0 amide bonds. The summed E-state index contributed by atoms with van der Waals surface area (Å²) in [6, 6.07) is 63.5. The highest BCUT2D eigenvalue weighted by molar-refractivity contribution is 6.09. The Morgan fingerprint density at radius 2 is 1.20 bits per heavy atom. The summed E-state index contributed by atoms with van der Waals surface area (Å²) in [6.07, 6.45) is 1.92. The van der Waals surface area contributed by atoms with Crippen LogP contribution in [0.25, 0.3) is 49.9 Å². The molecule has 5 heteroatoms. The van der Waals surface area contributed by atoms with Gasteiger partial charge in [0, 0.05) is 42.1 Å². The molecule has 0 fully saturated rings. The molecule has 0 unspecified atom stereocenters. The number of benzene rings is 7. The van der Waals surface area contributed by atoms with Gasteiger partial charge in [0.25, 0.3) is 5.69 Å². The number of fused-ring (bicyclic) bond motifs is 4. The van der Waals surface area contributed by atoms with E-state index >= 15 is 0 Å². The van der Waals surface area contributed by atoms with Gasteiger partial charge in [0.1, 0.15) is 17.3 Å². The minimum atomic E-state index is -0.915. The second-order valence-electron chi connectivity index (χ2n) is 19.1. The van der Waals surface area contributed by atoms with Gasteiger partial charge in [0.05, 0.1) is 28.2 Å². The predicted molar refractivity (Wildman–Crippen MR) is 268 cm³/mol. The van der Waals surface area contributed by atoms with Gasteiger partial charge in [-0.05, 0) is 96.7 Å². The first-order chi connectivity index (χ1) is 31.1. The fraction of sp³-hybridized carbons (Fsp3) is 0.186. The average molecular weight is 836 g/mol. The third-order valence-electron chi connectivity index (χ3n) is 12.4. The van der Waals surface area contributed by atoms with Crippen LogP contribution >= 0.6 is 0 Å². The highest BCUT2D eigenvalue weighted by Gasteiger charge is 2.42. The molecular formula is C59H54N4O+2. The van der Waals surface area contributed by atoms with Gasteiger partial charge < -0.3 is 4.74 Å². The Hall–Kier alpha value is -7.33. The van der Waals surface area contributed by atoms with Crippen molar-refractivity contribution in [1.82, 2.24) is 18.7 Å². The maximum absolute atomic E-state index is 9.48. The highest BCUT2D eigenvalue weighted by atomic mass is 16.5. The number of ether oxygens (including phenoxy) is 1. The molecule has 0 bridgehead atoms. The molecule has 0 radical (unpaired) electrons. The van der Waals surface area contributed by atoms with Crippen molar-refractivity contribution in [2.75, 3.05) is 0 Å². The Labute approximate surface area is 378 Å². The molecule has 5 nitrogen and oxygen atoms in total. The zero-order valence-electron chi connectivity index (χ0n) is 38.9. The summed E-state index contributed by atoms with van der Waals surface area (Å²) >= 11 is 0. The van der Waals surface area contributed by atoms with Gasteiger partial charge in [-0.15, -0.1) is 0 Å². The lowest BCUT2D eigenvalue weighted by molar-refractivity contribution is 0.479. The summed E-state index contributed by atoms with van der Waals surface area (Å²) in [5, 5.41) is 2.30. The van der Waals surface area contributed by atoms with E-state index in [-0.39, 0.29) is 10.8 Å². The van der Waals surface area contributed by atoms with Crippen molar-refractivity contribution < 1.29 is 6.11 Å². The van der Waals surface area contributed by atoms with Gasteiger partial charge in [-0.1, -0.05) is 152 Å². The molecule has 0 aliphatic carbocycles. The first-order valence-electron chi connectivity index (χ1n) is 22.7. The lowest BCUT2D eigenvalue weighted by atomic mass is 9.86. The minimum absolute atomic E-state index is 0.0311. The summed E-state index contributed by atoms with van der Waals surface area (Å²) in [5.41, 5.74) is 13.3. The maximum Gasteiger partial charge on any atom is 0.503 e. The third-order valence-corrected chi connectivity index (χ3v) is 12.4. The molecule has 0 saturated heterocycles. The van der Waals surface area contributed by atoms with Crippen LogP contribution in [0.5, 0.6) is 11.5 Å². The number of pyridine rings is 1. The number of hydrogen-bond acceptors (Lipinski definition) is 2. The average Bonchev–Trinajstić information content (AvgIpc) is 3.84. The molecule has 2 aromatic heterocycles. The Morgan fingerprint density at radius 3 is 1.88 bits per heavy atom. The summed E-state index contributed by atoms with van der Waals surface area (Å²) in [5.74, 6) is 1.41. The molecule has 10 rings (SSSR count). The van der Waals surface area contributed by atoms with Crippen LogP contribution in [0.1, 0.15) is 79.3 Å². The fourth-order valence-electron chi connectivity index (χ4n) is 9.01. The Bertz CT molecular complexity index is 3320. The first-order valence-corrected chi connectivity index (χ1v) is 22.2. The monoisotopic (exact) mass is 835 g/mol. The molecule has 314 valence electrons. The maximum atomic E-state index is 9.48. The van der Waals surface area contributed by atoms with E-state index in [1.807, 2.05) is 20.0 Å². The van der Waals surface area contributed by atoms with Crippen LogP contribution in [-0.2, 0) is 10.8 Å². The number of aromatic nitrogens is 2. The standard InChI is InChI=1S/C59H54N4O/c1-39(2)47-24-18-28-53-57(47)62(56-48(40-19-11-9-12-20-40)25-17-26-49(56)41-21-13-10-14-22-41)38-61(53)44-33-43(59(6,7)8)34-46(36-44)64-45-29-30-51-50-23-15-16-27-52(50)63(54(51)37-45)55-35-42(31-32-60-55)58(3,4)5/h9-37,39H,1-8H3/q+2/i39D. The number of rotatable bonds is 8. The van der Waals surface area contributed by atoms with Crippen LogP contribution in [0.3, 0.4) is 0 Å². The van der Waals surface area contributed by atoms with Gasteiger partial charge in [0.15, 0.2) is 0 Å². The molecule has 0 atom stereocenters. The number of para-hydroxylation sites is 3. The Kier molecular flexibility index (Phi) is 9.75. The van der Waals surface area contributed by atoms with Crippen LogP contribution in [0.4, 0.5) is 22.7 Å². The van der Waals surface area contributed by atoms with Crippen LogP contribution in [-0.4, -0.2) is 15.6 Å². The normalized spacial score (nSPS) is 13.2. The second kappa shape index (κ2) is 15.8. The van der Waals surface area contributed by atoms with Crippen molar-refractivity contribution in [2.24, 2.45) is 0 Å². The van der Waals surface area contributed by atoms with E-state index in [2.05, 4.69) is 231 Å². The van der Waals surface area contributed by atoms with E-state index < -0.39 is 5.89 Å². The Morgan fingerprint density at radius 1 is 0.562 bits per heavy atom. The third kappa shape index (κ3) is 7.32. The second-order valence-corrected chi connectivity index (χ2v) is 19.1. The van der Waals surface area contributed by atoms with Gasteiger partial charge in [-0.2, -0.15) is 0 Å². The predicted octanol–water partition coefficient (Wildman–Crippen LogP) is 15.9. The van der Waals surface area contributed by atoms with Crippen molar-refractivity contribution in [1.29, 1.82) is 0 Å². The van der Waals surface area contributed by atoms with Gasteiger partial charge >= 0.3 is 11.7 Å². The number of nitrogens with zero attached hydrogens (tertiary/aromatic N) is 4. The van der Waals surface area contributed by atoms with Crippen molar-refractivity contribution >= 4 is 50.6 Å². The molecule has 0 saturated carbocycles. The van der Waals surface area contributed by atoms with E-state index in [1.54, 1.807) is 0 Å². The highest BCUT2D eigenvalue weighted by Crippen LogP contribution is 2.48. The van der Waals surface area contributed by atoms with Crippen LogP contribution in [0.2, 0.25) is 0 Å². The number of hydrogen-bond donors (Lipinski definition) is 0. The largest absolute Gasteiger partial charge is 0.503 e. The molecule has 64 heavy (non-hydrogen) atoms. The summed E-state index contributed by atoms with van der Waals surface area (Å²) in [4.78, 5) is 4.91. The molecule has 1 aliphatic rings. The zero-order valence-corrected chi connectivity index (χ0v) is 37.9. The van der Waals surface area contributed by atoms with E-state index in [4.69, 9.17) is 9.72 Å². The van der Waals surface area contributed by atoms with Gasteiger partial charge in [-0.3, -0.25) is 4.57 Å². The summed E-state index contributed by atoms with van der Waals surface area (Å²) in [6.45, 7) is 17.3. The molecule has 3 heterocycles. The topological polar surface area (TPSA) is 33.1 Å². The molecule has 1 aliphatic heterocycles. The summed E-state index contributed by atoms with van der Waals surface area (Å²) < 4.78 is 23.1. The van der Waals surface area contributed by atoms with Crippen LogP contribution < -0.4 is 13.9 Å². The van der Waals surface area contributed by atoms with Crippen LogP contribution in [0.15, 0.2) is 176 Å². The molecule has 0 spiro atoms. The van der Waals surface area contributed by atoms with Crippen molar-refractivity contribution in [3.05, 3.63) is 193 Å². The molecule has 9 aromatic rings. The van der Waals surface area contributed by atoms with Gasteiger partial charge in [-0.25, -0.2) is 4.98 Å². The van der Waals surface area contributed by atoms with E-state index in [9.17, 15) is 1.37 Å². The smallest absolute Gasteiger partial charge is 0.457 e. The summed E-state index contributed by atoms with van der Waals surface area (Å²) in [7, 11) is 0. The quantitative estimate of drug-likeness (QED) is 0.143. The molecule has 0 N–H and O–H groups in total. The minimum Gasteiger partial charge on any atom is -0.457 e. The van der Waals surface area contributed by atoms with Crippen LogP contribution in [0, 0.1) is 0 Å². The van der Waals surface area contributed by atoms with Crippen molar-refractivity contribution in [3.63, 3.8) is 0 Å². The van der Waals surface area contributed by atoms with E-state index in [1.165, 1.54) is 5.56 Å². The SMILES string of the molecule is [2H]C(C)(C)c1cccc2c1[N+](c1c(-c3ccccc3)cccc1-c1ccccc1)=C=[N+]2c1cc(Oc2ccc3c4ccccc4n(-c4cc(C(C)(C)C)ccn4)c3c2)cc(C(C)(C)C)c1. The zero-order chi connectivity index (χ0) is 45.3. The van der Waals surface area contributed by atoms with Crippen molar-refractivity contribution in [3.8, 4) is 39.6 Å². The van der Waals surface area contributed by atoms with E-state index in [0.29, 0.717) is 0 Å². The van der Waals surface area contributed by atoms with Gasteiger partial charge in [0.2, 0.25) is 11.4 Å².